The van der Waals surface area contributed by atoms with Crippen LogP contribution in [-0.2, 0) is 4.74 Å². The van der Waals surface area contributed by atoms with Crippen molar-refractivity contribution in [1.82, 2.24) is 4.90 Å². The number of aliphatic hydroxyl groups is 1. The van der Waals surface area contributed by atoms with E-state index >= 15 is 0 Å². The van der Waals surface area contributed by atoms with E-state index in [2.05, 4.69) is 18.7 Å². The second-order valence-electron chi connectivity index (χ2n) is 5.99. The van der Waals surface area contributed by atoms with Gasteiger partial charge in [-0.15, -0.1) is 0 Å². The summed E-state index contributed by atoms with van der Waals surface area (Å²) in [6.07, 6.45) is 11.3. The van der Waals surface area contributed by atoms with E-state index in [-0.39, 0.29) is 18.8 Å². The van der Waals surface area contributed by atoms with Gasteiger partial charge in [0.2, 0.25) is 0 Å². The van der Waals surface area contributed by atoms with E-state index in [9.17, 15) is 5.11 Å². The molecular formula is C16H33NO2. The van der Waals surface area contributed by atoms with E-state index in [1.54, 1.807) is 0 Å². The Kier molecular flexibility index (Phi) is 9.48. The van der Waals surface area contributed by atoms with Crippen LogP contribution in [0, 0.1) is 0 Å². The molecule has 1 saturated heterocycles. The van der Waals surface area contributed by atoms with Gasteiger partial charge in [0.15, 0.2) is 0 Å². The second-order valence-corrected chi connectivity index (χ2v) is 5.99. The van der Waals surface area contributed by atoms with E-state index in [4.69, 9.17) is 4.74 Å². The van der Waals surface area contributed by atoms with Gasteiger partial charge in [-0.2, -0.15) is 0 Å². The van der Waals surface area contributed by atoms with Crippen LogP contribution in [0.4, 0.5) is 0 Å². The van der Waals surface area contributed by atoms with E-state index in [0.717, 1.165) is 13.1 Å². The molecule has 1 aliphatic rings. The monoisotopic (exact) mass is 271 g/mol. The molecule has 0 aliphatic carbocycles. The van der Waals surface area contributed by atoms with Crippen molar-refractivity contribution in [3.8, 4) is 0 Å². The standard InChI is InChI=1S/C16H33NO2/c1-3-4-5-6-7-8-9-10-11-17-12-15(2)19-16(13-17)14-18/h15-16,18H,3-14H2,1-2H3. The normalized spacial score (nSPS) is 24.8. The minimum absolute atomic E-state index is 0.0257. The molecule has 0 aromatic rings. The molecule has 3 heteroatoms. The lowest BCUT2D eigenvalue weighted by Gasteiger charge is -2.36. The van der Waals surface area contributed by atoms with E-state index in [1.165, 1.54) is 57.9 Å². The number of rotatable bonds is 10. The fourth-order valence-corrected chi connectivity index (χ4v) is 2.89. The number of morpholine rings is 1. The summed E-state index contributed by atoms with van der Waals surface area (Å²) in [5, 5.41) is 9.19. The van der Waals surface area contributed by atoms with Crippen LogP contribution in [0.3, 0.4) is 0 Å². The molecule has 19 heavy (non-hydrogen) atoms. The van der Waals surface area contributed by atoms with Gasteiger partial charge in [0.05, 0.1) is 18.8 Å². The molecule has 3 nitrogen and oxygen atoms in total. The molecule has 114 valence electrons. The van der Waals surface area contributed by atoms with Crippen molar-refractivity contribution in [3.63, 3.8) is 0 Å². The van der Waals surface area contributed by atoms with Crippen LogP contribution in [0.2, 0.25) is 0 Å². The number of ether oxygens (including phenoxy) is 1. The zero-order valence-electron chi connectivity index (χ0n) is 12.9. The predicted molar refractivity (Wildman–Crippen MR) is 80.5 cm³/mol. The smallest absolute Gasteiger partial charge is 0.0936 e. The summed E-state index contributed by atoms with van der Waals surface area (Å²) >= 11 is 0. The van der Waals surface area contributed by atoms with E-state index < -0.39 is 0 Å². The number of nitrogens with zero attached hydrogens (tertiary/aromatic N) is 1. The Hall–Kier alpha value is -0.120. The third-order valence-electron chi connectivity index (χ3n) is 3.93. The van der Waals surface area contributed by atoms with Crippen molar-refractivity contribution < 1.29 is 9.84 Å². The first-order valence-electron chi connectivity index (χ1n) is 8.25. The lowest BCUT2D eigenvalue weighted by atomic mass is 10.1. The summed E-state index contributed by atoms with van der Waals surface area (Å²) in [6.45, 7) is 7.60. The molecule has 1 fully saturated rings. The first-order valence-corrected chi connectivity index (χ1v) is 8.25. The average molecular weight is 271 g/mol. The van der Waals surface area contributed by atoms with Crippen molar-refractivity contribution in [2.45, 2.75) is 77.4 Å². The van der Waals surface area contributed by atoms with Gasteiger partial charge >= 0.3 is 0 Å². The maximum Gasteiger partial charge on any atom is 0.0936 e. The van der Waals surface area contributed by atoms with Crippen LogP contribution in [0.1, 0.15) is 65.2 Å². The molecule has 0 aromatic heterocycles. The van der Waals surface area contributed by atoms with Crippen LogP contribution >= 0.6 is 0 Å². The SMILES string of the molecule is CCCCCCCCCCN1CC(C)OC(CO)C1. The summed E-state index contributed by atoms with van der Waals surface area (Å²) in [5.41, 5.74) is 0. The van der Waals surface area contributed by atoms with Crippen molar-refractivity contribution in [1.29, 1.82) is 0 Å². The Bertz CT molecular complexity index is 211. The molecular weight excluding hydrogens is 238 g/mol. The largest absolute Gasteiger partial charge is 0.394 e. The highest BCUT2D eigenvalue weighted by Crippen LogP contribution is 2.13. The van der Waals surface area contributed by atoms with Crippen molar-refractivity contribution in [2.24, 2.45) is 0 Å². The summed E-state index contributed by atoms with van der Waals surface area (Å²) in [4.78, 5) is 2.45. The Morgan fingerprint density at radius 2 is 1.63 bits per heavy atom. The van der Waals surface area contributed by atoms with Gasteiger partial charge in [-0.1, -0.05) is 51.9 Å². The van der Waals surface area contributed by atoms with Gasteiger partial charge in [0, 0.05) is 13.1 Å². The third-order valence-corrected chi connectivity index (χ3v) is 3.93. The summed E-state index contributed by atoms with van der Waals surface area (Å²) in [7, 11) is 0. The van der Waals surface area contributed by atoms with Crippen LogP contribution in [0.25, 0.3) is 0 Å². The molecule has 0 radical (unpaired) electrons. The Labute approximate surface area is 119 Å². The molecule has 0 saturated carbocycles. The zero-order chi connectivity index (χ0) is 13.9. The summed E-state index contributed by atoms with van der Waals surface area (Å²) in [5.74, 6) is 0. The number of hydrogen-bond donors (Lipinski definition) is 1. The van der Waals surface area contributed by atoms with Crippen LogP contribution in [0.15, 0.2) is 0 Å². The van der Waals surface area contributed by atoms with Gasteiger partial charge in [0.1, 0.15) is 0 Å². The first-order chi connectivity index (χ1) is 9.26. The maximum absolute atomic E-state index is 9.19. The van der Waals surface area contributed by atoms with Gasteiger partial charge in [-0.05, 0) is 19.9 Å². The minimum atomic E-state index is 0.0257. The Morgan fingerprint density at radius 3 is 2.26 bits per heavy atom. The highest BCUT2D eigenvalue weighted by molar-refractivity contribution is 4.75. The molecule has 1 heterocycles. The maximum atomic E-state index is 9.19. The Balaban J connectivity index is 1.96. The zero-order valence-corrected chi connectivity index (χ0v) is 12.9. The van der Waals surface area contributed by atoms with Gasteiger partial charge in [-0.3, -0.25) is 4.90 Å². The highest BCUT2D eigenvalue weighted by atomic mass is 16.5. The Morgan fingerprint density at radius 1 is 1.00 bits per heavy atom. The third kappa shape index (κ3) is 7.91. The molecule has 2 unspecified atom stereocenters. The quantitative estimate of drug-likeness (QED) is 0.619. The minimum Gasteiger partial charge on any atom is -0.394 e. The lowest BCUT2D eigenvalue weighted by molar-refractivity contribution is -0.0952. The molecule has 1 aliphatic heterocycles. The van der Waals surface area contributed by atoms with Crippen molar-refractivity contribution in [3.05, 3.63) is 0 Å². The molecule has 0 spiro atoms. The molecule has 0 aromatic carbocycles. The van der Waals surface area contributed by atoms with Gasteiger partial charge < -0.3 is 9.84 Å². The lowest BCUT2D eigenvalue weighted by Crippen LogP contribution is -2.48. The summed E-state index contributed by atoms with van der Waals surface area (Å²) in [6, 6.07) is 0. The fourth-order valence-electron chi connectivity index (χ4n) is 2.89. The van der Waals surface area contributed by atoms with Gasteiger partial charge in [0.25, 0.3) is 0 Å². The topological polar surface area (TPSA) is 32.7 Å². The molecule has 0 bridgehead atoms. The van der Waals surface area contributed by atoms with Crippen LogP contribution in [-0.4, -0.2) is 48.5 Å². The number of hydrogen-bond acceptors (Lipinski definition) is 3. The highest BCUT2D eigenvalue weighted by Gasteiger charge is 2.23. The second kappa shape index (κ2) is 10.6. The molecule has 0 amide bonds. The first kappa shape index (κ1) is 16.9. The molecule has 1 N–H and O–H groups in total. The number of aliphatic hydroxyl groups excluding tert-OH is 1. The van der Waals surface area contributed by atoms with Gasteiger partial charge in [-0.25, -0.2) is 0 Å². The summed E-state index contributed by atoms with van der Waals surface area (Å²) < 4.78 is 5.66. The fraction of sp³-hybridized carbons (Fsp3) is 1.00. The molecule has 1 rings (SSSR count). The molecule has 2 atom stereocenters. The van der Waals surface area contributed by atoms with Crippen molar-refractivity contribution in [2.75, 3.05) is 26.2 Å². The van der Waals surface area contributed by atoms with Crippen LogP contribution < -0.4 is 0 Å². The van der Waals surface area contributed by atoms with E-state index in [0.29, 0.717) is 0 Å². The predicted octanol–water partition coefficient (Wildman–Crippen LogP) is 3.21. The van der Waals surface area contributed by atoms with E-state index in [1.807, 2.05) is 0 Å². The average Bonchev–Trinajstić information content (AvgIpc) is 2.41. The number of unbranched alkanes of at least 4 members (excludes halogenated alkanes) is 7. The van der Waals surface area contributed by atoms with Crippen LogP contribution in [0.5, 0.6) is 0 Å². The van der Waals surface area contributed by atoms with Crippen molar-refractivity contribution >= 4 is 0 Å².